The summed E-state index contributed by atoms with van der Waals surface area (Å²) in [4.78, 5) is 14.8. The van der Waals surface area contributed by atoms with Crippen molar-refractivity contribution in [1.82, 2.24) is 4.98 Å². The van der Waals surface area contributed by atoms with E-state index in [0.29, 0.717) is 16.5 Å². The Labute approximate surface area is 121 Å². The molecular formula is C16H15N3O2. The number of carbonyl (C=O) groups is 1. The number of hydrogen-bond acceptors (Lipinski definition) is 4. The maximum Gasteiger partial charge on any atom is 0.336 e. The third-order valence-corrected chi connectivity index (χ3v) is 2.82. The third kappa shape index (κ3) is 3.70. The first-order valence-electron chi connectivity index (χ1n) is 6.26. The SMILES string of the molecule is Nc1ccc(N)cc1.O=C(O)c1ccnc2ccccc12. The molecule has 1 aromatic heterocycles. The first-order valence-corrected chi connectivity index (χ1v) is 6.26. The normalized spacial score (nSPS) is 9.71. The molecule has 0 atom stereocenters. The van der Waals surface area contributed by atoms with E-state index in [1.807, 2.05) is 6.07 Å². The Morgan fingerprint density at radius 3 is 2.05 bits per heavy atom. The van der Waals surface area contributed by atoms with Crippen LogP contribution in [0.3, 0.4) is 0 Å². The van der Waals surface area contributed by atoms with Crippen molar-refractivity contribution in [2.75, 3.05) is 11.5 Å². The van der Waals surface area contributed by atoms with Gasteiger partial charge in [-0.05, 0) is 36.4 Å². The highest BCUT2D eigenvalue weighted by Crippen LogP contribution is 2.15. The van der Waals surface area contributed by atoms with Crippen molar-refractivity contribution < 1.29 is 9.90 Å². The zero-order valence-corrected chi connectivity index (χ0v) is 11.2. The molecule has 0 unspecified atom stereocenters. The van der Waals surface area contributed by atoms with Crippen molar-refractivity contribution in [3.8, 4) is 0 Å². The summed E-state index contributed by atoms with van der Waals surface area (Å²) in [6, 6.07) is 15.8. The van der Waals surface area contributed by atoms with Crippen molar-refractivity contribution in [3.05, 3.63) is 66.4 Å². The van der Waals surface area contributed by atoms with E-state index in [2.05, 4.69) is 4.98 Å². The standard InChI is InChI=1S/C10H7NO2.C6H8N2/c12-10(13)8-5-6-11-9-4-2-1-3-7(8)9;7-5-1-2-6(8)4-3-5/h1-6H,(H,12,13);1-4H,7-8H2. The summed E-state index contributed by atoms with van der Waals surface area (Å²) in [5, 5.41) is 9.53. The van der Waals surface area contributed by atoms with Crippen molar-refractivity contribution in [3.63, 3.8) is 0 Å². The van der Waals surface area contributed by atoms with E-state index < -0.39 is 5.97 Å². The largest absolute Gasteiger partial charge is 0.478 e. The van der Waals surface area contributed by atoms with Crippen molar-refractivity contribution in [2.45, 2.75) is 0 Å². The van der Waals surface area contributed by atoms with Gasteiger partial charge in [0.2, 0.25) is 0 Å². The number of aromatic nitrogens is 1. The van der Waals surface area contributed by atoms with E-state index in [1.54, 1.807) is 42.5 Å². The molecule has 1 heterocycles. The number of anilines is 2. The van der Waals surface area contributed by atoms with Gasteiger partial charge in [-0.2, -0.15) is 0 Å². The Kier molecular flexibility index (Phi) is 4.36. The van der Waals surface area contributed by atoms with E-state index in [-0.39, 0.29) is 0 Å². The molecule has 0 radical (unpaired) electrons. The molecule has 5 nitrogen and oxygen atoms in total. The molecule has 5 N–H and O–H groups in total. The fraction of sp³-hybridized carbons (Fsp3) is 0. The topological polar surface area (TPSA) is 102 Å². The molecule has 0 fully saturated rings. The van der Waals surface area contributed by atoms with Gasteiger partial charge in [0, 0.05) is 23.0 Å². The number of aromatic carboxylic acids is 1. The average molecular weight is 281 g/mol. The molecule has 2 aromatic carbocycles. The number of carboxylic acids is 1. The number of carboxylic acid groups (broad SMARTS) is 1. The van der Waals surface area contributed by atoms with Crippen LogP contribution in [0.4, 0.5) is 11.4 Å². The Hall–Kier alpha value is -3.08. The van der Waals surface area contributed by atoms with Gasteiger partial charge in [-0.25, -0.2) is 4.79 Å². The molecule has 21 heavy (non-hydrogen) atoms. The lowest BCUT2D eigenvalue weighted by molar-refractivity contribution is 0.0699. The molecule has 0 saturated carbocycles. The number of para-hydroxylation sites is 1. The van der Waals surface area contributed by atoms with Crippen LogP contribution in [0.1, 0.15) is 10.4 Å². The Morgan fingerprint density at radius 2 is 1.48 bits per heavy atom. The van der Waals surface area contributed by atoms with Crippen LogP contribution >= 0.6 is 0 Å². The van der Waals surface area contributed by atoms with E-state index in [9.17, 15) is 4.79 Å². The van der Waals surface area contributed by atoms with Crippen molar-refractivity contribution in [2.24, 2.45) is 0 Å². The van der Waals surface area contributed by atoms with E-state index >= 15 is 0 Å². The number of rotatable bonds is 1. The van der Waals surface area contributed by atoms with E-state index in [4.69, 9.17) is 16.6 Å². The predicted molar refractivity (Wildman–Crippen MR) is 84.0 cm³/mol. The highest BCUT2D eigenvalue weighted by molar-refractivity contribution is 6.02. The molecule has 5 heteroatoms. The van der Waals surface area contributed by atoms with Crippen LogP contribution in [0.5, 0.6) is 0 Å². The number of fused-ring (bicyclic) bond motifs is 1. The molecule has 0 bridgehead atoms. The Morgan fingerprint density at radius 1 is 0.905 bits per heavy atom. The summed E-state index contributed by atoms with van der Waals surface area (Å²) >= 11 is 0. The van der Waals surface area contributed by atoms with Gasteiger partial charge in [-0.3, -0.25) is 4.98 Å². The Balaban J connectivity index is 0.000000173. The second-order valence-corrected chi connectivity index (χ2v) is 4.35. The summed E-state index contributed by atoms with van der Waals surface area (Å²) in [6.45, 7) is 0. The Bertz CT molecular complexity index is 729. The summed E-state index contributed by atoms with van der Waals surface area (Å²) in [7, 11) is 0. The van der Waals surface area contributed by atoms with Gasteiger partial charge < -0.3 is 16.6 Å². The van der Waals surface area contributed by atoms with Gasteiger partial charge in [0.05, 0.1) is 11.1 Å². The first-order chi connectivity index (χ1) is 10.1. The molecule has 106 valence electrons. The lowest BCUT2D eigenvalue weighted by Gasteiger charge is -1.99. The molecule has 0 aliphatic carbocycles. The van der Waals surface area contributed by atoms with Crippen molar-refractivity contribution >= 4 is 28.2 Å². The molecule has 0 amide bonds. The molecule has 0 spiro atoms. The fourth-order valence-corrected chi connectivity index (χ4v) is 1.78. The monoisotopic (exact) mass is 281 g/mol. The lowest BCUT2D eigenvalue weighted by atomic mass is 10.1. The number of pyridine rings is 1. The quantitative estimate of drug-likeness (QED) is 0.595. The van der Waals surface area contributed by atoms with E-state index in [1.165, 1.54) is 12.3 Å². The van der Waals surface area contributed by atoms with Gasteiger partial charge in [0.15, 0.2) is 0 Å². The average Bonchev–Trinajstić information content (AvgIpc) is 2.50. The number of benzene rings is 2. The third-order valence-electron chi connectivity index (χ3n) is 2.82. The van der Waals surface area contributed by atoms with Gasteiger partial charge in [-0.1, -0.05) is 18.2 Å². The summed E-state index contributed by atoms with van der Waals surface area (Å²) < 4.78 is 0. The van der Waals surface area contributed by atoms with Crippen LogP contribution in [0, 0.1) is 0 Å². The van der Waals surface area contributed by atoms with Crippen LogP contribution in [0.25, 0.3) is 10.9 Å². The molecule has 3 rings (SSSR count). The molecule has 0 aliphatic rings. The molecule has 3 aromatic rings. The molecule has 0 saturated heterocycles. The summed E-state index contributed by atoms with van der Waals surface area (Å²) in [6.07, 6.45) is 1.51. The number of hydrogen-bond donors (Lipinski definition) is 3. The number of nitrogen functional groups attached to an aromatic ring is 2. The first kappa shape index (κ1) is 14.3. The van der Waals surface area contributed by atoms with Crippen LogP contribution < -0.4 is 11.5 Å². The van der Waals surface area contributed by atoms with Crippen molar-refractivity contribution in [1.29, 1.82) is 0 Å². The van der Waals surface area contributed by atoms with Crippen LogP contribution in [-0.2, 0) is 0 Å². The zero-order chi connectivity index (χ0) is 15.2. The summed E-state index contributed by atoms with van der Waals surface area (Å²) in [5.41, 5.74) is 13.2. The van der Waals surface area contributed by atoms with Gasteiger partial charge in [0.1, 0.15) is 0 Å². The van der Waals surface area contributed by atoms with Crippen LogP contribution in [-0.4, -0.2) is 16.1 Å². The van der Waals surface area contributed by atoms with Gasteiger partial charge in [0.25, 0.3) is 0 Å². The van der Waals surface area contributed by atoms with Gasteiger partial charge >= 0.3 is 5.97 Å². The van der Waals surface area contributed by atoms with E-state index in [0.717, 1.165) is 11.4 Å². The highest BCUT2D eigenvalue weighted by atomic mass is 16.4. The number of nitrogens with two attached hydrogens (primary N) is 2. The maximum atomic E-state index is 10.8. The second kappa shape index (κ2) is 6.38. The molecule has 0 aliphatic heterocycles. The lowest BCUT2D eigenvalue weighted by Crippen LogP contribution is -1.97. The second-order valence-electron chi connectivity index (χ2n) is 4.35. The highest BCUT2D eigenvalue weighted by Gasteiger charge is 2.06. The fourth-order valence-electron chi connectivity index (χ4n) is 1.78. The minimum atomic E-state index is -0.918. The van der Waals surface area contributed by atoms with Crippen LogP contribution in [0.15, 0.2) is 60.8 Å². The predicted octanol–water partition coefficient (Wildman–Crippen LogP) is 2.78. The maximum absolute atomic E-state index is 10.8. The van der Waals surface area contributed by atoms with Gasteiger partial charge in [-0.15, -0.1) is 0 Å². The minimum Gasteiger partial charge on any atom is -0.478 e. The number of nitrogens with zero attached hydrogens (tertiary/aromatic N) is 1. The van der Waals surface area contributed by atoms with Crippen LogP contribution in [0.2, 0.25) is 0 Å². The smallest absolute Gasteiger partial charge is 0.336 e. The minimum absolute atomic E-state index is 0.297. The summed E-state index contributed by atoms with van der Waals surface area (Å²) in [5.74, 6) is -0.918. The molecular weight excluding hydrogens is 266 g/mol. The zero-order valence-electron chi connectivity index (χ0n) is 11.2.